The summed E-state index contributed by atoms with van der Waals surface area (Å²) in [6, 6.07) is 51.2. The van der Waals surface area contributed by atoms with Crippen molar-refractivity contribution in [3.8, 4) is 22.3 Å². The van der Waals surface area contributed by atoms with Crippen molar-refractivity contribution in [2.75, 3.05) is 0 Å². The SMILES string of the molecule is Cc1ccc(C2=Cc3c(ccc(C)c3-c3ccc4ccccc4c3)C2C[Si]CC2C(c3ccc(C)o3)=Cc3c2ccc(C)c3-c2ccc3ccccc3c2)o1. The van der Waals surface area contributed by atoms with Crippen molar-refractivity contribution in [1.82, 2.24) is 0 Å². The van der Waals surface area contributed by atoms with E-state index in [1.165, 1.54) is 88.3 Å². The number of hydrogen-bond donors (Lipinski definition) is 0. The minimum atomic E-state index is 0.254. The number of aryl methyl sites for hydroxylation is 4. The molecule has 2 atom stereocenters. The molecule has 2 aromatic heterocycles. The second-order valence-corrected chi connectivity index (χ2v) is 16.7. The molecule has 2 heterocycles. The van der Waals surface area contributed by atoms with Crippen LogP contribution in [0.5, 0.6) is 0 Å². The summed E-state index contributed by atoms with van der Waals surface area (Å²) in [7, 11) is 0.730. The van der Waals surface area contributed by atoms with Crippen molar-refractivity contribution in [1.29, 1.82) is 0 Å². The van der Waals surface area contributed by atoms with Gasteiger partial charge in [-0.25, -0.2) is 0 Å². The molecule has 0 spiro atoms. The summed E-state index contributed by atoms with van der Waals surface area (Å²) in [5.41, 5.74) is 15.9. The first-order valence-corrected chi connectivity index (χ1v) is 20.8. The summed E-state index contributed by atoms with van der Waals surface area (Å²) in [5.74, 6) is 4.37. The first kappa shape index (κ1) is 33.6. The van der Waals surface area contributed by atoms with Gasteiger partial charge in [0.15, 0.2) is 0 Å². The topological polar surface area (TPSA) is 26.3 Å². The van der Waals surface area contributed by atoms with Gasteiger partial charge in [0.25, 0.3) is 0 Å². The molecule has 0 N–H and O–H groups in total. The minimum absolute atomic E-state index is 0.254. The summed E-state index contributed by atoms with van der Waals surface area (Å²) in [6.07, 6.45) is 4.86. The number of furan rings is 2. The predicted octanol–water partition coefficient (Wildman–Crippen LogP) is 14.3. The average Bonchev–Trinajstić information content (AvgIpc) is 4.00. The van der Waals surface area contributed by atoms with Crippen LogP contribution in [0.15, 0.2) is 142 Å². The molecule has 10 rings (SSSR count). The zero-order valence-electron chi connectivity index (χ0n) is 31.7. The fourth-order valence-corrected chi connectivity index (χ4v) is 10.8. The van der Waals surface area contributed by atoms with Crippen LogP contribution in [-0.2, 0) is 0 Å². The number of benzene rings is 6. The van der Waals surface area contributed by atoms with Gasteiger partial charge in [-0.05, 0) is 166 Å². The quantitative estimate of drug-likeness (QED) is 0.146. The van der Waals surface area contributed by atoms with Gasteiger partial charge in [0.2, 0.25) is 0 Å². The molecule has 55 heavy (non-hydrogen) atoms. The summed E-state index contributed by atoms with van der Waals surface area (Å²) < 4.78 is 12.7. The Balaban J connectivity index is 1.02. The lowest BCUT2D eigenvalue weighted by Gasteiger charge is -2.21. The van der Waals surface area contributed by atoms with Crippen molar-refractivity contribution in [3.63, 3.8) is 0 Å². The van der Waals surface area contributed by atoms with Crippen LogP contribution in [0.2, 0.25) is 12.1 Å². The summed E-state index contributed by atoms with van der Waals surface area (Å²) in [6.45, 7) is 8.59. The molecule has 2 unspecified atom stereocenters. The molecule has 0 fully saturated rings. The van der Waals surface area contributed by atoms with Crippen molar-refractivity contribution >= 4 is 54.4 Å². The summed E-state index contributed by atoms with van der Waals surface area (Å²) in [5, 5.41) is 5.07. The van der Waals surface area contributed by atoms with Crippen molar-refractivity contribution < 1.29 is 8.83 Å². The molecule has 0 amide bonds. The van der Waals surface area contributed by atoms with Gasteiger partial charge in [-0.15, -0.1) is 0 Å². The molecule has 3 heteroatoms. The first-order valence-electron chi connectivity index (χ1n) is 19.4. The van der Waals surface area contributed by atoms with Gasteiger partial charge < -0.3 is 8.83 Å². The Hall–Kier alpha value is -5.90. The van der Waals surface area contributed by atoms with Crippen LogP contribution in [0, 0.1) is 27.7 Å². The van der Waals surface area contributed by atoms with Gasteiger partial charge in [0.05, 0.1) is 0 Å². The third kappa shape index (κ3) is 5.86. The monoisotopic (exact) mass is 726 g/mol. The highest BCUT2D eigenvalue weighted by Gasteiger charge is 2.34. The van der Waals surface area contributed by atoms with Crippen LogP contribution in [0.25, 0.3) is 67.1 Å². The molecule has 2 aliphatic carbocycles. The van der Waals surface area contributed by atoms with Crippen molar-refractivity contribution in [2.24, 2.45) is 0 Å². The third-order valence-corrected chi connectivity index (χ3v) is 13.3. The fourth-order valence-electron chi connectivity index (χ4n) is 9.19. The van der Waals surface area contributed by atoms with Crippen LogP contribution in [0.3, 0.4) is 0 Å². The number of fused-ring (bicyclic) bond motifs is 4. The highest BCUT2D eigenvalue weighted by Crippen LogP contribution is 2.51. The number of hydrogen-bond acceptors (Lipinski definition) is 2. The third-order valence-electron chi connectivity index (χ3n) is 11.9. The smallest absolute Gasteiger partial charge is 0.130 e. The molecule has 2 nitrogen and oxygen atoms in total. The van der Waals surface area contributed by atoms with E-state index >= 15 is 0 Å². The molecule has 0 bridgehead atoms. The Morgan fingerprint density at radius 2 is 0.891 bits per heavy atom. The maximum Gasteiger partial charge on any atom is 0.130 e. The van der Waals surface area contributed by atoms with Crippen LogP contribution >= 0.6 is 0 Å². The Labute approximate surface area is 325 Å². The first-order chi connectivity index (χ1) is 26.9. The normalized spacial score (nSPS) is 16.1. The van der Waals surface area contributed by atoms with Crippen molar-refractivity contribution in [3.05, 3.63) is 190 Å². The Morgan fingerprint density at radius 1 is 0.455 bits per heavy atom. The zero-order chi connectivity index (χ0) is 37.2. The van der Waals surface area contributed by atoms with E-state index in [0.29, 0.717) is 0 Å². The second kappa shape index (κ2) is 13.4. The van der Waals surface area contributed by atoms with Gasteiger partial charge >= 0.3 is 0 Å². The van der Waals surface area contributed by atoms with E-state index in [2.05, 4.69) is 159 Å². The lowest BCUT2D eigenvalue weighted by Crippen LogP contribution is -2.08. The maximum absolute atomic E-state index is 6.37. The average molecular weight is 727 g/mol. The van der Waals surface area contributed by atoms with Crippen LogP contribution in [0.1, 0.15) is 68.3 Å². The van der Waals surface area contributed by atoms with Gasteiger partial charge in [0, 0.05) is 32.5 Å². The second-order valence-electron chi connectivity index (χ2n) is 15.4. The fraction of sp³-hybridized carbons (Fsp3) is 0.154. The molecule has 0 saturated carbocycles. The molecule has 2 aliphatic rings. The lowest BCUT2D eigenvalue weighted by atomic mass is 9.89. The zero-order valence-corrected chi connectivity index (χ0v) is 32.7. The minimum Gasteiger partial charge on any atom is -0.462 e. The van der Waals surface area contributed by atoms with E-state index in [-0.39, 0.29) is 11.8 Å². The van der Waals surface area contributed by atoms with Crippen LogP contribution in [0.4, 0.5) is 0 Å². The van der Waals surface area contributed by atoms with E-state index in [1.807, 2.05) is 13.8 Å². The largest absolute Gasteiger partial charge is 0.462 e. The van der Waals surface area contributed by atoms with Crippen LogP contribution in [-0.4, -0.2) is 9.52 Å². The summed E-state index contributed by atoms with van der Waals surface area (Å²) in [4.78, 5) is 0. The van der Waals surface area contributed by atoms with Crippen LogP contribution < -0.4 is 0 Å². The van der Waals surface area contributed by atoms with E-state index < -0.39 is 0 Å². The standard InChI is InChI=1S/C52H42O2Si/c1-31-13-21-41-45(51(31)39-19-17-35-9-5-7-11-37(35)25-39)27-43(49-23-15-33(3)53-49)47(41)29-55-30-48-42-22-14-32(2)52(40-20-18-36-10-6-8-12-38(36)26-40)46(42)28-44(48)50-24-16-34(4)54-50/h5-28,47-48H,29-30H2,1-4H3. The molecular formula is C52H42O2Si. The Bertz CT molecular complexity index is 2660. The molecular weight excluding hydrogens is 685 g/mol. The van der Waals surface area contributed by atoms with Crippen molar-refractivity contribution in [2.45, 2.75) is 51.6 Å². The highest BCUT2D eigenvalue weighted by atomic mass is 28.2. The van der Waals surface area contributed by atoms with Gasteiger partial charge in [-0.2, -0.15) is 0 Å². The lowest BCUT2D eigenvalue weighted by molar-refractivity contribution is 0.518. The van der Waals surface area contributed by atoms with E-state index in [0.717, 1.165) is 44.6 Å². The van der Waals surface area contributed by atoms with Gasteiger partial charge in [-0.1, -0.05) is 97.1 Å². The van der Waals surface area contributed by atoms with E-state index in [1.54, 1.807) is 0 Å². The molecule has 0 aliphatic heterocycles. The van der Waals surface area contributed by atoms with Gasteiger partial charge in [0.1, 0.15) is 23.0 Å². The van der Waals surface area contributed by atoms with E-state index in [9.17, 15) is 0 Å². The Kier molecular flexibility index (Phi) is 8.22. The summed E-state index contributed by atoms with van der Waals surface area (Å²) >= 11 is 0. The predicted molar refractivity (Wildman–Crippen MR) is 232 cm³/mol. The highest BCUT2D eigenvalue weighted by molar-refractivity contribution is 6.37. The Morgan fingerprint density at radius 3 is 1.31 bits per heavy atom. The molecule has 0 saturated heterocycles. The number of rotatable bonds is 8. The molecule has 266 valence electrons. The molecule has 6 aromatic carbocycles. The van der Waals surface area contributed by atoms with E-state index in [4.69, 9.17) is 8.83 Å². The molecule has 2 radical (unpaired) electrons. The van der Waals surface area contributed by atoms with Gasteiger partial charge in [-0.3, -0.25) is 0 Å². The maximum atomic E-state index is 6.37. The number of allylic oxidation sites excluding steroid dienone is 2. The molecule has 8 aromatic rings.